The van der Waals surface area contributed by atoms with E-state index in [1.54, 1.807) is 5.56 Å². The molecule has 2 aliphatic rings. The number of rotatable bonds is 5. The normalized spacial score (nSPS) is 22.4. The summed E-state index contributed by atoms with van der Waals surface area (Å²) in [4.78, 5) is 0. The molecule has 5 rings (SSSR count). The second kappa shape index (κ2) is 14.4. The molecule has 0 radical (unpaired) electrons. The standard InChI is InChI=1S/C24H38.C18H22/c1-17-5-7-21(8-6-17)9-10-22-11-13-23(14-12-22)24-15-18(2)20(4)19(3)16-24;1-11-7-14(4)18(15(5)8-11)17-9-12(2)16(6)13(3)10-17/h15-17,21-23H,5-14H2,1-4H3;7-10H,1-6H3. The SMILES string of the molecule is Cc1cc(C)c(-c2cc(C)c(C)c(C)c2)c(C)c1.Cc1cc(C2CCC(CCC3CCC(C)CC3)CC2)cc(C)c1C. The Morgan fingerprint density at radius 1 is 0.476 bits per heavy atom. The summed E-state index contributed by atoms with van der Waals surface area (Å²) in [6.07, 6.45) is 14.8. The monoisotopic (exact) mass is 564 g/mol. The second-order valence-corrected chi connectivity index (χ2v) is 14.7. The molecule has 3 aromatic rings. The topological polar surface area (TPSA) is 0 Å². The van der Waals surface area contributed by atoms with Gasteiger partial charge in [-0.3, -0.25) is 0 Å². The first-order valence-electron chi connectivity index (χ1n) is 17.2. The van der Waals surface area contributed by atoms with Crippen LogP contribution in [0.1, 0.15) is 133 Å². The van der Waals surface area contributed by atoms with Gasteiger partial charge in [-0.2, -0.15) is 0 Å². The van der Waals surface area contributed by atoms with Gasteiger partial charge in [0.1, 0.15) is 0 Å². The van der Waals surface area contributed by atoms with Gasteiger partial charge in [0.25, 0.3) is 0 Å². The summed E-state index contributed by atoms with van der Waals surface area (Å²) in [7, 11) is 0. The highest BCUT2D eigenvalue weighted by molar-refractivity contribution is 5.73. The Kier molecular flexibility index (Phi) is 11.2. The Balaban J connectivity index is 0.000000201. The summed E-state index contributed by atoms with van der Waals surface area (Å²) in [5.41, 5.74) is 17.1. The van der Waals surface area contributed by atoms with Crippen LogP contribution in [-0.2, 0) is 0 Å². The van der Waals surface area contributed by atoms with Crippen LogP contribution >= 0.6 is 0 Å². The molecule has 228 valence electrons. The van der Waals surface area contributed by atoms with Crippen molar-refractivity contribution < 1.29 is 0 Å². The number of aryl methyl sites for hydroxylation is 7. The third-order valence-electron chi connectivity index (χ3n) is 11.3. The van der Waals surface area contributed by atoms with E-state index in [-0.39, 0.29) is 0 Å². The van der Waals surface area contributed by atoms with Crippen molar-refractivity contribution in [2.75, 3.05) is 0 Å². The molecule has 0 heteroatoms. The van der Waals surface area contributed by atoms with Gasteiger partial charge in [0, 0.05) is 0 Å². The zero-order chi connectivity index (χ0) is 30.6. The molecule has 0 bridgehead atoms. The van der Waals surface area contributed by atoms with Crippen molar-refractivity contribution in [2.24, 2.45) is 17.8 Å². The van der Waals surface area contributed by atoms with Gasteiger partial charge in [-0.1, -0.05) is 87.4 Å². The van der Waals surface area contributed by atoms with Gasteiger partial charge in [-0.05, 0) is 173 Å². The fourth-order valence-electron chi connectivity index (χ4n) is 7.99. The van der Waals surface area contributed by atoms with Crippen LogP contribution in [0.5, 0.6) is 0 Å². The van der Waals surface area contributed by atoms with E-state index >= 15 is 0 Å². The third kappa shape index (κ3) is 8.18. The van der Waals surface area contributed by atoms with Crippen LogP contribution < -0.4 is 0 Å². The molecule has 3 aromatic carbocycles. The van der Waals surface area contributed by atoms with E-state index in [0.29, 0.717) is 0 Å². The van der Waals surface area contributed by atoms with Crippen LogP contribution in [0.3, 0.4) is 0 Å². The molecule has 0 atom stereocenters. The maximum Gasteiger partial charge on any atom is -0.0125 e. The summed E-state index contributed by atoms with van der Waals surface area (Å²) in [6, 6.07) is 14.1. The predicted molar refractivity (Wildman–Crippen MR) is 186 cm³/mol. The Morgan fingerprint density at radius 3 is 1.33 bits per heavy atom. The minimum absolute atomic E-state index is 0.829. The molecule has 0 heterocycles. The van der Waals surface area contributed by atoms with Crippen molar-refractivity contribution in [2.45, 2.75) is 139 Å². The number of hydrogen-bond donors (Lipinski definition) is 0. The van der Waals surface area contributed by atoms with Gasteiger partial charge >= 0.3 is 0 Å². The molecule has 0 aromatic heterocycles. The summed E-state index contributed by atoms with van der Waals surface area (Å²) in [6.45, 7) is 22.4. The molecule has 0 aliphatic heterocycles. The first-order valence-corrected chi connectivity index (χ1v) is 17.2. The first kappa shape index (κ1) is 32.6. The van der Waals surface area contributed by atoms with Gasteiger partial charge in [0.2, 0.25) is 0 Å². The maximum absolute atomic E-state index is 2.47. The lowest BCUT2D eigenvalue weighted by Gasteiger charge is -2.31. The van der Waals surface area contributed by atoms with E-state index in [2.05, 4.69) is 106 Å². The average molecular weight is 565 g/mol. The van der Waals surface area contributed by atoms with Gasteiger partial charge < -0.3 is 0 Å². The van der Waals surface area contributed by atoms with Crippen LogP contribution in [0.15, 0.2) is 36.4 Å². The van der Waals surface area contributed by atoms with E-state index in [1.807, 2.05) is 0 Å². The smallest absolute Gasteiger partial charge is 0.0125 e. The summed E-state index contributed by atoms with van der Waals surface area (Å²) in [5.74, 6) is 3.91. The second-order valence-electron chi connectivity index (χ2n) is 14.7. The summed E-state index contributed by atoms with van der Waals surface area (Å²) < 4.78 is 0. The van der Waals surface area contributed by atoms with Crippen molar-refractivity contribution >= 4 is 0 Å². The molecule has 0 amide bonds. The lowest BCUT2D eigenvalue weighted by atomic mass is 9.74. The number of benzene rings is 3. The third-order valence-corrected chi connectivity index (χ3v) is 11.3. The van der Waals surface area contributed by atoms with E-state index in [4.69, 9.17) is 0 Å². The fraction of sp³-hybridized carbons (Fsp3) is 0.571. The molecule has 42 heavy (non-hydrogen) atoms. The highest BCUT2D eigenvalue weighted by Gasteiger charge is 2.25. The van der Waals surface area contributed by atoms with Gasteiger partial charge in [-0.15, -0.1) is 0 Å². The molecule has 2 fully saturated rings. The Hall–Kier alpha value is -2.34. The highest BCUT2D eigenvalue weighted by Crippen LogP contribution is 2.40. The van der Waals surface area contributed by atoms with Crippen LogP contribution in [0.4, 0.5) is 0 Å². The zero-order valence-electron chi connectivity index (χ0n) is 28.8. The summed E-state index contributed by atoms with van der Waals surface area (Å²) >= 11 is 0. The molecule has 0 spiro atoms. The van der Waals surface area contributed by atoms with E-state index in [1.165, 1.54) is 125 Å². The van der Waals surface area contributed by atoms with E-state index in [9.17, 15) is 0 Å². The molecular formula is C42H60. The molecular weight excluding hydrogens is 504 g/mol. The largest absolute Gasteiger partial charge is 0.0625 e. The fourth-order valence-corrected chi connectivity index (χ4v) is 7.99. The van der Waals surface area contributed by atoms with Gasteiger partial charge in [0.05, 0.1) is 0 Å². The van der Waals surface area contributed by atoms with Gasteiger partial charge in [0.15, 0.2) is 0 Å². The average Bonchev–Trinajstić information content (AvgIpc) is 2.94. The lowest BCUT2D eigenvalue weighted by molar-refractivity contribution is 0.237. The Bertz CT molecular complexity index is 1270. The number of hydrogen-bond acceptors (Lipinski definition) is 0. The van der Waals surface area contributed by atoms with Crippen molar-refractivity contribution in [3.05, 3.63) is 92.0 Å². The molecule has 0 N–H and O–H groups in total. The first-order chi connectivity index (χ1) is 19.9. The van der Waals surface area contributed by atoms with Crippen LogP contribution in [0.25, 0.3) is 11.1 Å². The highest BCUT2D eigenvalue weighted by atomic mass is 14.3. The molecule has 0 saturated heterocycles. The van der Waals surface area contributed by atoms with Crippen LogP contribution in [0, 0.1) is 80.1 Å². The zero-order valence-corrected chi connectivity index (χ0v) is 28.8. The quantitative estimate of drug-likeness (QED) is 0.289. The summed E-state index contributed by atoms with van der Waals surface area (Å²) in [5, 5.41) is 0. The molecule has 0 unspecified atom stereocenters. The van der Waals surface area contributed by atoms with Crippen molar-refractivity contribution in [1.29, 1.82) is 0 Å². The predicted octanol–water partition coefficient (Wildman–Crippen LogP) is 12.7. The Morgan fingerprint density at radius 2 is 0.881 bits per heavy atom. The minimum atomic E-state index is 0.829. The maximum atomic E-state index is 2.47. The van der Waals surface area contributed by atoms with Gasteiger partial charge in [-0.25, -0.2) is 0 Å². The van der Waals surface area contributed by atoms with Crippen molar-refractivity contribution in [3.63, 3.8) is 0 Å². The van der Waals surface area contributed by atoms with E-state index in [0.717, 1.165) is 23.7 Å². The van der Waals surface area contributed by atoms with Crippen LogP contribution in [-0.4, -0.2) is 0 Å². The van der Waals surface area contributed by atoms with Crippen molar-refractivity contribution in [3.8, 4) is 11.1 Å². The van der Waals surface area contributed by atoms with Crippen molar-refractivity contribution in [1.82, 2.24) is 0 Å². The van der Waals surface area contributed by atoms with Crippen LogP contribution in [0.2, 0.25) is 0 Å². The minimum Gasteiger partial charge on any atom is -0.0625 e. The lowest BCUT2D eigenvalue weighted by Crippen LogP contribution is -2.17. The molecule has 2 aliphatic carbocycles. The Labute approximate surface area is 259 Å². The molecule has 2 saturated carbocycles. The van der Waals surface area contributed by atoms with E-state index < -0.39 is 0 Å². The molecule has 0 nitrogen and oxygen atoms in total.